The lowest BCUT2D eigenvalue weighted by Crippen LogP contribution is -2.59. The van der Waals surface area contributed by atoms with Crippen molar-refractivity contribution in [2.75, 3.05) is 73.2 Å². The minimum atomic E-state index is -1.13. The minimum absolute atomic E-state index is 0.120. The molecule has 160 valence electrons. The highest BCUT2D eigenvalue weighted by Crippen LogP contribution is 2.16. The van der Waals surface area contributed by atoms with Crippen molar-refractivity contribution >= 4 is 5.91 Å². The summed E-state index contributed by atoms with van der Waals surface area (Å²) in [7, 11) is 1.62. The largest absolute Gasteiger partial charge is 0.388 e. The molecule has 10 heteroatoms. The van der Waals surface area contributed by atoms with Gasteiger partial charge in [0.05, 0.1) is 72.1 Å². The zero-order valence-corrected chi connectivity index (χ0v) is 16.1. The van der Waals surface area contributed by atoms with E-state index in [4.69, 9.17) is 28.4 Å². The maximum absolute atomic E-state index is 11.0. The molecule has 1 amide bonds. The SMILES string of the molecule is COCCOCCOCCOCCOC[C@H]1OC[C@H](NC(C)=O)[C@@H](O)[C@H]1O. The molecule has 1 aliphatic rings. The van der Waals surface area contributed by atoms with Gasteiger partial charge in [-0.05, 0) is 0 Å². The number of rotatable bonds is 15. The second kappa shape index (κ2) is 15.1. The fourth-order valence-corrected chi connectivity index (χ4v) is 2.42. The smallest absolute Gasteiger partial charge is 0.217 e. The van der Waals surface area contributed by atoms with E-state index in [1.807, 2.05) is 0 Å². The van der Waals surface area contributed by atoms with Crippen molar-refractivity contribution in [2.45, 2.75) is 31.3 Å². The van der Waals surface area contributed by atoms with E-state index in [0.717, 1.165) is 0 Å². The Hall–Kier alpha value is -0.850. The predicted molar refractivity (Wildman–Crippen MR) is 94.5 cm³/mol. The Morgan fingerprint density at radius 3 is 1.96 bits per heavy atom. The Morgan fingerprint density at radius 1 is 0.926 bits per heavy atom. The molecule has 0 saturated carbocycles. The Kier molecular flexibility index (Phi) is 13.5. The van der Waals surface area contributed by atoms with E-state index in [0.29, 0.717) is 52.9 Å². The number of carbonyl (C=O) groups is 1. The highest BCUT2D eigenvalue weighted by molar-refractivity contribution is 5.73. The van der Waals surface area contributed by atoms with Crippen molar-refractivity contribution < 1.29 is 43.4 Å². The molecule has 3 N–H and O–H groups in total. The maximum Gasteiger partial charge on any atom is 0.217 e. The first kappa shape index (κ1) is 24.2. The molecule has 1 fully saturated rings. The third-order valence-corrected chi connectivity index (χ3v) is 3.85. The average Bonchev–Trinajstić information content (AvgIpc) is 2.64. The molecule has 0 unspecified atom stereocenters. The number of hydrogen-bond donors (Lipinski definition) is 3. The molecular formula is C17H33NO9. The van der Waals surface area contributed by atoms with Crippen molar-refractivity contribution in [1.29, 1.82) is 0 Å². The van der Waals surface area contributed by atoms with Crippen LogP contribution in [0.15, 0.2) is 0 Å². The molecule has 0 bridgehead atoms. The topological polar surface area (TPSA) is 125 Å². The van der Waals surface area contributed by atoms with Gasteiger partial charge in [-0.25, -0.2) is 0 Å². The summed E-state index contributed by atoms with van der Waals surface area (Å²) in [6.45, 7) is 5.36. The van der Waals surface area contributed by atoms with Gasteiger partial charge in [0.1, 0.15) is 18.3 Å². The summed E-state index contributed by atoms with van der Waals surface area (Å²) in [5.74, 6) is -0.288. The number of carbonyl (C=O) groups excluding carboxylic acids is 1. The molecule has 0 aromatic carbocycles. The molecule has 0 spiro atoms. The standard InChI is InChI=1S/C17H33NO9/c1-13(19)18-14-11-27-15(17(21)16(14)20)12-26-10-9-25-8-7-24-6-5-23-4-3-22-2/h14-17,20-21H,3-12H2,1-2H3,(H,18,19)/t14-,15+,16+,17-/m0/s1. The number of hydrogen-bond acceptors (Lipinski definition) is 9. The van der Waals surface area contributed by atoms with Crippen LogP contribution in [0.4, 0.5) is 0 Å². The van der Waals surface area contributed by atoms with Crippen LogP contribution in [-0.4, -0.2) is 114 Å². The third kappa shape index (κ3) is 10.9. The quantitative estimate of drug-likeness (QED) is 0.279. The zero-order valence-electron chi connectivity index (χ0n) is 16.1. The van der Waals surface area contributed by atoms with Gasteiger partial charge in [0, 0.05) is 14.0 Å². The average molecular weight is 395 g/mol. The minimum Gasteiger partial charge on any atom is -0.388 e. The Morgan fingerprint density at radius 2 is 1.44 bits per heavy atom. The van der Waals surface area contributed by atoms with Gasteiger partial charge in [0.2, 0.25) is 5.91 Å². The zero-order chi connectivity index (χ0) is 19.9. The van der Waals surface area contributed by atoms with Gasteiger partial charge in [0.15, 0.2) is 0 Å². The van der Waals surface area contributed by atoms with Crippen LogP contribution in [0.2, 0.25) is 0 Å². The van der Waals surface area contributed by atoms with Crippen LogP contribution in [0.3, 0.4) is 0 Å². The summed E-state index contributed by atoms with van der Waals surface area (Å²) < 4.78 is 31.7. The predicted octanol–water partition coefficient (Wildman–Crippen LogP) is -1.68. The summed E-state index contributed by atoms with van der Waals surface area (Å²) in [4.78, 5) is 11.0. The molecule has 1 rings (SSSR count). The summed E-state index contributed by atoms with van der Waals surface area (Å²) in [6.07, 6.45) is -2.87. The molecular weight excluding hydrogens is 362 g/mol. The van der Waals surface area contributed by atoms with Gasteiger partial charge in [-0.15, -0.1) is 0 Å². The van der Waals surface area contributed by atoms with Gasteiger partial charge < -0.3 is 44.0 Å². The summed E-state index contributed by atoms with van der Waals surface area (Å²) in [6, 6.07) is -0.623. The van der Waals surface area contributed by atoms with Crippen LogP contribution in [0.25, 0.3) is 0 Å². The normalized spacial score (nSPS) is 25.5. The first-order valence-electron chi connectivity index (χ1n) is 9.11. The molecule has 27 heavy (non-hydrogen) atoms. The van der Waals surface area contributed by atoms with Crippen molar-refractivity contribution in [3.63, 3.8) is 0 Å². The van der Waals surface area contributed by atoms with Crippen LogP contribution < -0.4 is 5.32 Å². The van der Waals surface area contributed by atoms with E-state index in [1.165, 1.54) is 6.92 Å². The van der Waals surface area contributed by atoms with Gasteiger partial charge >= 0.3 is 0 Å². The summed E-state index contributed by atoms with van der Waals surface area (Å²) in [5.41, 5.74) is 0. The summed E-state index contributed by atoms with van der Waals surface area (Å²) >= 11 is 0. The molecule has 1 heterocycles. The van der Waals surface area contributed by atoms with Crippen LogP contribution in [-0.2, 0) is 33.2 Å². The Labute approximate surface area is 160 Å². The second-order valence-corrected chi connectivity index (χ2v) is 6.06. The molecule has 4 atom stereocenters. The number of ether oxygens (including phenoxy) is 6. The molecule has 0 aromatic rings. The van der Waals surface area contributed by atoms with E-state index < -0.39 is 24.4 Å². The van der Waals surface area contributed by atoms with Crippen molar-refractivity contribution in [3.8, 4) is 0 Å². The number of methoxy groups -OCH3 is 1. The van der Waals surface area contributed by atoms with Gasteiger partial charge in [0.25, 0.3) is 0 Å². The van der Waals surface area contributed by atoms with E-state index in [-0.39, 0.29) is 19.1 Å². The summed E-state index contributed by atoms with van der Waals surface area (Å²) in [5, 5.41) is 22.6. The van der Waals surface area contributed by atoms with Crippen molar-refractivity contribution in [2.24, 2.45) is 0 Å². The molecule has 1 aliphatic heterocycles. The lowest BCUT2D eigenvalue weighted by Gasteiger charge is -2.37. The molecule has 1 saturated heterocycles. The van der Waals surface area contributed by atoms with Gasteiger partial charge in [-0.2, -0.15) is 0 Å². The first-order valence-corrected chi connectivity index (χ1v) is 9.11. The van der Waals surface area contributed by atoms with E-state index in [9.17, 15) is 15.0 Å². The molecule has 0 radical (unpaired) electrons. The van der Waals surface area contributed by atoms with Gasteiger partial charge in [-0.3, -0.25) is 4.79 Å². The van der Waals surface area contributed by atoms with Crippen LogP contribution in [0.5, 0.6) is 0 Å². The Balaban J connectivity index is 1.94. The number of amides is 1. The fraction of sp³-hybridized carbons (Fsp3) is 0.941. The maximum atomic E-state index is 11.0. The molecule has 0 aliphatic carbocycles. The lowest BCUT2D eigenvalue weighted by atomic mass is 9.98. The number of aliphatic hydroxyl groups is 2. The highest BCUT2D eigenvalue weighted by Gasteiger charge is 2.38. The van der Waals surface area contributed by atoms with E-state index in [1.54, 1.807) is 7.11 Å². The second-order valence-electron chi connectivity index (χ2n) is 6.06. The van der Waals surface area contributed by atoms with Crippen molar-refractivity contribution in [3.05, 3.63) is 0 Å². The van der Waals surface area contributed by atoms with Crippen LogP contribution >= 0.6 is 0 Å². The highest BCUT2D eigenvalue weighted by atomic mass is 16.6. The van der Waals surface area contributed by atoms with Crippen molar-refractivity contribution in [1.82, 2.24) is 5.32 Å². The monoisotopic (exact) mass is 395 g/mol. The first-order chi connectivity index (χ1) is 13.1. The number of nitrogens with one attached hydrogen (secondary N) is 1. The van der Waals surface area contributed by atoms with Gasteiger partial charge in [-0.1, -0.05) is 0 Å². The lowest BCUT2D eigenvalue weighted by molar-refractivity contribution is -0.171. The van der Waals surface area contributed by atoms with E-state index in [2.05, 4.69) is 5.32 Å². The fourth-order valence-electron chi connectivity index (χ4n) is 2.42. The van der Waals surface area contributed by atoms with Crippen LogP contribution in [0.1, 0.15) is 6.92 Å². The van der Waals surface area contributed by atoms with Crippen LogP contribution in [0, 0.1) is 0 Å². The number of aliphatic hydroxyl groups excluding tert-OH is 2. The Bertz CT molecular complexity index is 385. The molecule has 10 nitrogen and oxygen atoms in total. The molecule has 0 aromatic heterocycles. The third-order valence-electron chi connectivity index (χ3n) is 3.85. The van der Waals surface area contributed by atoms with E-state index >= 15 is 0 Å².